The Morgan fingerprint density at radius 1 is 1.53 bits per heavy atom. The number of halogens is 1. The van der Waals surface area contributed by atoms with Crippen molar-refractivity contribution in [1.29, 1.82) is 0 Å². The topological polar surface area (TPSA) is 108 Å². The summed E-state index contributed by atoms with van der Waals surface area (Å²) in [6.07, 6.45) is 0. The predicted octanol–water partition coefficient (Wildman–Crippen LogP) is 0.873. The van der Waals surface area contributed by atoms with Crippen molar-refractivity contribution in [3.63, 3.8) is 0 Å². The number of carboxylic acid groups (broad SMARTS) is 1. The zero-order valence-corrected chi connectivity index (χ0v) is 10.6. The van der Waals surface area contributed by atoms with Crippen LogP contribution in [0, 0.1) is 5.82 Å². The van der Waals surface area contributed by atoms with Crippen LogP contribution in [0.2, 0.25) is 0 Å². The van der Waals surface area contributed by atoms with Gasteiger partial charge in [-0.1, -0.05) is 17.3 Å². The maximum Gasteiger partial charge on any atom is 0.323 e. The number of oxime groups is 1. The van der Waals surface area contributed by atoms with Gasteiger partial charge >= 0.3 is 5.97 Å². The monoisotopic (exact) mass is 269 g/mol. The number of carboxylic acids is 1. The van der Waals surface area contributed by atoms with Crippen molar-refractivity contribution in [1.82, 2.24) is 5.32 Å². The van der Waals surface area contributed by atoms with Crippen molar-refractivity contribution in [2.24, 2.45) is 10.9 Å². The second kappa shape index (κ2) is 5.66. The summed E-state index contributed by atoms with van der Waals surface area (Å²) >= 11 is 0. The molecule has 0 saturated carbocycles. The van der Waals surface area contributed by atoms with Gasteiger partial charge in [0.05, 0.1) is 0 Å². The highest BCUT2D eigenvalue weighted by Crippen LogP contribution is 2.12. The van der Waals surface area contributed by atoms with Crippen molar-refractivity contribution in [2.45, 2.75) is 25.9 Å². The minimum atomic E-state index is -1.16. The number of rotatable bonds is 5. The number of amidine groups is 1. The Labute approximate surface area is 109 Å². The summed E-state index contributed by atoms with van der Waals surface area (Å²) in [6.45, 7) is 3.03. The molecule has 1 aromatic rings. The summed E-state index contributed by atoms with van der Waals surface area (Å²) in [6, 6.07) is 4.07. The fraction of sp³-hybridized carbons (Fsp3) is 0.333. The number of nitrogens with zero attached hydrogens (tertiary/aromatic N) is 1. The molecule has 1 rings (SSSR count). The van der Waals surface area contributed by atoms with Crippen LogP contribution in [0.25, 0.3) is 0 Å². The maximum atomic E-state index is 13.7. The average Bonchev–Trinajstić information content (AvgIpc) is 2.36. The first-order valence-electron chi connectivity index (χ1n) is 5.52. The van der Waals surface area contributed by atoms with E-state index in [1.165, 1.54) is 26.0 Å². The maximum absolute atomic E-state index is 13.7. The van der Waals surface area contributed by atoms with E-state index in [2.05, 4.69) is 10.5 Å². The van der Waals surface area contributed by atoms with Crippen molar-refractivity contribution >= 4 is 11.8 Å². The van der Waals surface area contributed by atoms with Crippen LogP contribution in [0.1, 0.15) is 25.0 Å². The molecular formula is C12H16FN3O3. The molecule has 0 saturated heterocycles. The first-order chi connectivity index (χ1) is 8.77. The molecule has 7 heteroatoms. The van der Waals surface area contributed by atoms with E-state index in [1.807, 2.05) is 0 Å². The highest BCUT2D eigenvalue weighted by molar-refractivity contribution is 5.97. The van der Waals surface area contributed by atoms with E-state index in [9.17, 15) is 9.18 Å². The van der Waals surface area contributed by atoms with Gasteiger partial charge in [0.25, 0.3) is 0 Å². The molecule has 0 atom stereocenters. The Bertz CT molecular complexity index is 515. The highest BCUT2D eigenvalue weighted by atomic mass is 19.1. The standard InChI is InChI=1S/C12H16FN3O3/c1-12(2,11(17)18)15-6-8-4-3-7(5-9(8)13)10(14)16-19/h3-5,15,19H,6H2,1-2H3,(H2,14,16)(H,17,18). The summed E-state index contributed by atoms with van der Waals surface area (Å²) in [5.41, 5.74) is 4.73. The van der Waals surface area contributed by atoms with Crippen LogP contribution in [0.3, 0.4) is 0 Å². The SMILES string of the molecule is CC(C)(NCc1ccc(C(N)=NO)cc1F)C(=O)O. The van der Waals surface area contributed by atoms with Gasteiger partial charge in [0.15, 0.2) is 5.84 Å². The lowest BCUT2D eigenvalue weighted by atomic mass is 10.0. The zero-order chi connectivity index (χ0) is 14.6. The van der Waals surface area contributed by atoms with Gasteiger partial charge in [0.2, 0.25) is 0 Å². The minimum Gasteiger partial charge on any atom is -0.480 e. The molecule has 0 bridgehead atoms. The molecule has 0 radical (unpaired) electrons. The molecule has 0 aromatic heterocycles. The van der Waals surface area contributed by atoms with Gasteiger partial charge in [0, 0.05) is 17.7 Å². The Hall–Kier alpha value is -2.15. The van der Waals surface area contributed by atoms with Crippen molar-refractivity contribution in [3.8, 4) is 0 Å². The molecule has 19 heavy (non-hydrogen) atoms. The van der Waals surface area contributed by atoms with E-state index in [0.717, 1.165) is 6.07 Å². The van der Waals surface area contributed by atoms with E-state index in [4.69, 9.17) is 16.0 Å². The molecular weight excluding hydrogens is 253 g/mol. The molecule has 5 N–H and O–H groups in total. The number of nitrogens with two attached hydrogens (primary N) is 1. The molecule has 0 unspecified atom stereocenters. The Balaban J connectivity index is 2.84. The predicted molar refractivity (Wildman–Crippen MR) is 67.5 cm³/mol. The lowest BCUT2D eigenvalue weighted by Crippen LogP contribution is -2.46. The molecule has 0 fully saturated rings. The largest absolute Gasteiger partial charge is 0.480 e. The number of nitrogens with one attached hydrogen (secondary N) is 1. The van der Waals surface area contributed by atoms with Crippen LogP contribution < -0.4 is 11.1 Å². The molecule has 1 aromatic carbocycles. The van der Waals surface area contributed by atoms with Gasteiger partial charge in [0.1, 0.15) is 11.4 Å². The van der Waals surface area contributed by atoms with Gasteiger partial charge < -0.3 is 16.0 Å². The van der Waals surface area contributed by atoms with Gasteiger partial charge in [-0.15, -0.1) is 0 Å². The van der Waals surface area contributed by atoms with E-state index >= 15 is 0 Å². The van der Waals surface area contributed by atoms with Crippen molar-refractivity contribution < 1.29 is 19.5 Å². The molecule has 0 spiro atoms. The van der Waals surface area contributed by atoms with Crippen LogP contribution in [0.5, 0.6) is 0 Å². The third-order valence-corrected chi connectivity index (χ3v) is 2.71. The summed E-state index contributed by atoms with van der Waals surface area (Å²) < 4.78 is 13.7. The Morgan fingerprint density at radius 2 is 2.16 bits per heavy atom. The number of hydrogen-bond donors (Lipinski definition) is 4. The van der Waals surface area contributed by atoms with Crippen molar-refractivity contribution in [3.05, 3.63) is 35.1 Å². The van der Waals surface area contributed by atoms with Gasteiger partial charge in [-0.2, -0.15) is 0 Å². The number of carbonyl (C=O) groups is 1. The summed E-state index contributed by atoms with van der Waals surface area (Å²) in [5.74, 6) is -1.77. The van der Waals surface area contributed by atoms with E-state index in [1.54, 1.807) is 0 Å². The van der Waals surface area contributed by atoms with Crippen LogP contribution in [-0.2, 0) is 11.3 Å². The second-order valence-electron chi connectivity index (χ2n) is 4.58. The summed E-state index contributed by atoms with van der Waals surface area (Å²) in [4.78, 5) is 10.9. The lowest BCUT2D eigenvalue weighted by Gasteiger charge is -2.21. The number of benzene rings is 1. The molecule has 0 heterocycles. The molecule has 0 aliphatic carbocycles. The van der Waals surface area contributed by atoms with E-state index in [0.29, 0.717) is 5.56 Å². The lowest BCUT2D eigenvalue weighted by molar-refractivity contribution is -0.143. The fourth-order valence-corrected chi connectivity index (χ4v) is 1.30. The van der Waals surface area contributed by atoms with Gasteiger partial charge in [-0.25, -0.2) is 4.39 Å². The van der Waals surface area contributed by atoms with Gasteiger partial charge in [-0.05, 0) is 19.9 Å². The molecule has 0 amide bonds. The van der Waals surface area contributed by atoms with Crippen LogP contribution in [0.15, 0.2) is 23.4 Å². The third-order valence-electron chi connectivity index (χ3n) is 2.71. The first kappa shape index (κ1) is 14.9. The Kier molecular flexibility index (Phi) is 4.44. The highest BCUT2D eigenvalue weighted by Gasteiger charge is 2.26. The van der Waals surface area contributed by atoms with Crippen molar-refractivity contribution in [2.75, 3.05) is 0 Å². The van der Waals surface area contributed by atoms with Crippen LogP contribution in [-0.4, -0.2) is 27.7 Å². The Morgan fingerprint density at radius 3 is 2.63 bits per heavy atom. The smallest absolute Gasteiger partial charge is 0.323 e. The van der Waals surface area contributed by atoms with Crippen LogP contribution >= 0.6 is 0 Å². The zero-order valence-electron chi connectivity index (χ0n) is 10.6. The van der Waals surface area contributed by atoms with E-state index < -0.39 is 17.3 Å². The normalized spacial score (nSPS) is 12.5. The quantitative estimate of drug-likeness (QED) is 0.274. The van der Waals surface area contributed by atoms with Crippen LogP contribution in [0.4, 0.5) is 4.39 Å². The fourth-order valence-electron chi connectivity index (χ4n) is 1.30. The average molecular weight is 269 g/mol. The molecule has 6 nitrogen and oxygen atoms in total. The van der Waals surface area contributed by atoms with E-state index in [-0.39, 0.29) is 17.9 Å². The molecule has 0 aliphatic heterocycles. The molecule has 104 valence electrons. The number of hydrogen-bond acceptors (Lipinski definition) is 4. The second-order valence-corrected chi connectivity index (χ2v) is 4.58. The minimum absolute atomic E-state index is 0.0571. The number of aliphatic carboxylic acids is 1. The summed E-state index contributed by atoms with van der Waals surface area (Å²) in [7, 11) is 0. The molecule has 0 aliphatic rings. The van der Waals surface area contributed by atoms with Gasteiger partial charge in [-0.3, -0.25) is 10.1 Å². The third kappa shape index (κ3) is 3.65. The first-order valence-corrected chi connectivity index (χ1v) is 5.52. The summed E-state index contributed by atoms with van der Waals surface area (Å²) in [5, 5.41) is 22.9.